The van der Waals surface area contributed by atoms with Gasteiger partial charge in [0.05, 0.1) is 31.4 Å². The fourth-order valence-electron chi connectivity index (χ4n) is 11.5. The molecule has 0 radical (unpaired) electrons. The van der Waals surface area contributed by atoms with Crippen molar-refractivity contribution in [1.82, 2.24) is 74.1 Å². The maximum Gasteiger partial charge on any atom is 0.327 e. The zero-order valence-corrected chi connectivity index (χ0v) is 65.9. The molecule has 13 amide bonds. The lowest BCUT2D eigenvalue weighted by Crippen LogP contribution is -2.63. The van der Waals surface area contributed by atoms with Gasteiger partial charge in [0.25, 0.3) is 0 Å². The molecule has 4 aromatic carbocycles. The van der Waals surface area contributed by atoms with Crippen molar-refractivity contribution in [1.29, 1.82) is 0 Å². The monoisotopic (exact) mass is 1630 g/mol. The largest absolute Gasteiger partial charge is 0.480 e. The molecule has 0 bridgehead atoms. The van der Waals surface area contributed by atoms with E-state index in [0.29, 0.717) is 44.9 Å². The number of hydrogen-bond acceptors (Lipinski definition) is 22. The van der Waals surface area contributed by atoms with Crippen LogP contribution in [0.25, 0.3) is 10.9 Å². The van der Waals surface area contributed by atoms with E-state index in [1.807, 2.05) is 0 Å². The second kappa shape index (κ2) is 48.5. The van der Waals surface area contributed by atoms with Crippen LogP contribution in [0.3, 0.4) is 0 Å². The van der Waals surface area contributed by atoms with Gasteiger partial charge in [-0.1, -0.05) is 123 Å². The number of fused-ring (bicyclic) bond motifs is 1. The van der Waals surface area contributed by atoms with Crippen molar-refractivity contribution in [2.24, 2.45) is 23.1 Å². The first-order chi connectivity index (χ1) is 55.6. The molecule has 622 valence electrons. The number of aliphatic hydroxyl groups is 3. The van der Waals surface area contributed by atoms with E-state index in [1.54, 1.807) is 135 Å². The van der Waals surface area contributed by atoms with Crippen molar-refractivity contribution in [3.05, 3.63) is 144 Å². The topological polar surface area (TPSA) is 570 Å². The summed E-state index contributed by atoms with van der Waals surface area (Å²) in [4.78, 5) is 200. The first-order valence-electron chi connectivity index (χ1n) is 38.7. The summed E-state index contributed by atoms with van der Waals surface area (Å²) in [6.45, 7) is 5.34. The molecule has 35 nitrogen and oxygen atoms in total. The smallest absolute Gasteiger partial charge is 0.327 e. The molecule has 1 heterocycles. The maximum absolute atomic E-state index is 15.5. The van der Waals surface area contributed by atoms with Crippen molar-refractivity contribution in [2.45, 2.75) is 190 Å². The second-order valence-electron chi connectivity index (χ2n) is 27.6. The van der Waals surface area contributed by atoms with Crippen molar-refractivity contribution < 1.29 is 91.8 Å². The zero-order chi connectivity index (χ0) is 86.8. The molecule has 114 heavy (non-hydrogen) atoms. The molecule has 0 fully saturated rings. The molecule has 24 N–H and O–H groups in total. The van der Waals surface area contributed by atoms with Crippen molar-refractivity contribution in [2.75, 3.05) is 37.7 Å². The number of thiol groups is 2. The number of H-pyrrole nitrogens is 1. The number of carbonyl (C=O) groups is 14. The Morgan fingerprint density at radius 2 is 0.833 bits per heavy atom. The third-order valence-corrected chi connectivity index (χ3v) is 18.9. The highest BCUT2D eigenvalue weighted by Crippen LogP contribution is 2.21. The number of carbonyl (C=O) groups excluding carboxylic acids is 13. The summed E-state index contributed by atoms with van der Waals surface area (Å²) in [6, 6.07) is 9.20. The van der Waals surface area contributed by atoms with Crippen molar-refractivity contribution in [3.8, 4) is 0 Å². The maximum atomic E-state index is 15.5. The fourth-order valence-corrected chi connectivity index (χ4v) is 12.0. The molecule has 0 aliphatic rings. The Morgan fingerprint density at radius 1 is 0.430 bits per heavy atom. The lowest BCUT2D eigenvalue weighted by molar-refractivity contribution is -0.142. The molecule has 0 saturated heterocycles. The van der Waals surface area contributed by atoms with E-state index in [-0.39, 0.29) is 92.5 Å². The molecular formula is C77H109N17O18S2. The summed E-state index contributed by atoms with van der Waals surface area (Å²) in [5, 5.41) is 67.1. The summed E-state index contributed by atoms with van der Waals surface area (Å²) in [5.74, 6) is -16.6. The van der Waals surface area contributed by atoms with E-state index in [4.69, 9.17) is 18.6 Å². The predicted molar refractivity (Wildman–Crippen MR) is 429 cm³/mol. The first-order valence-corrected chi connectivity index (χ1v) is 38.6. The minimum absolute atomic E-state index is 0.0736. The number of aliphatic hydroxyl groups excluding tert-OH is 3. The van der Waals surface area contributed by atoms with Crippen LogP contribution in [0.2, 0.25) is 4.24 Å². The Morgan fingerprint density at radius 3 is 1.33 bits per heavy atom. The van der Waals surface area contributed by atoms with Gasteiger partial charge in [0.15, 0.2) is 4.24 Å². The van der Waals surface area contributed by atoms with Gasteiger partial charge in [-0.2, -0.15) is 25.3 Å². The van der Waals surface area contributed by atoms with E-state index < -0.39 is 193 Å². The molecule has 0 aliphatic heterocycles. The number of hydrogen-bond donors (Lipinski definition) is 23. The van der Waals surface area contributed by atoms with Crippen LogP contribution in [0.15, 0.2) is 121 Å². The van der Waals surface area contributed by atoms with Gasteiger partial charge < -0.3 is 112 Å². The summed E-state index contributed by atoms with van der Waals surface area (Å²) in [7, 11) is 0. The normalized spacial score (nSPS) is 15.5. The van der Waals surface area contributed by atoms with Gasteiger partial charge in [-0.05, 0) is 107 Å². The van der Waals surface area contributed by atoms with Gasteiger partial charge in [-0.3, -0.25) is 62.3 Å². The first kappa shape index (κ1) is 89.0. The number of nitrogens with one attached hydrogen (secondary N) is 14. The van der Waals surface area contributed by atoms with Crippen LogP contribution in [0.4, 0.5) is 0 Å². The summed E-state index contributed by atoms with van der Waals surface area (Å²) in [5.41, 5.74) is 19.8. The second-order valence-corrected chi connectivity index (χ2v) is 28.4. The molecule has 37 heteroatoms. The van der Waals surface area contributed by atoms with E-state index in [9.17, 15) is 71.2 Å². The standard InChI is InChI=1S/C77H109N17O18S2/c1-42(2)62(80)74(108)82-38-61(98)84-59(40-113)73(107)86-52(29-17-19-31-78)66(100)83-43(3)65(99)87-54(33-46-21-9-6-10-22-46)68(102)88-55(34-47-23-11-7-12-24-47)69(103)89-57(36-49-37-81-51-28-16-15-27-50(49)51)70(104)85-53(30-18-20-32-79)67(101)93-63(44(4)96)75(109)90-56(35-48-25-13-8-14-26-48)71(105)94-64(45(5)97)76(110)91-58(39-95)72(106)92-60(41-114)77(111)112/h6-16,21-28,37,42-45,52-60,62-64,81,95-97,113-114H,17-20,29-36,38-41,78-80H2,1-5H3,(H,82,108)(H,83,100)(H,84,98)(H,85,104)(H,86,107)(H,87,99)(H,88,102)(H,89,103)(H,90,109)(H,91,110)(H,92,106)(H,93,101)(H,94,105)(H,111,112)/t43-,44+,45+,52-,53-,54-,55-,56-,57-,58-,59-,60-,62+,63-,64-/m0/s1/i/hD3. The lowest BCUT2D eigenvalue weighted by atomic mass is 10.00. The Balaban J connectivity index is 1.48. The molecule has 15 atom stereocenters. The summed E-state index contributed by atoms with van der Waals surface area (Å²) >= 11 is 8.10. The summed E-state index contributed by atoms with van der Waals surface area (Å²) in [6.07, 6.45) is -3.09. The van der Waals surface area contributed by atoms with Crippen LogP contribution in [-0.2, 0) is 92.8 Å². The van der Waals surface area contributed by atoms with E-state index in [0.717, 1.165) is 20.8 Å². The highest BCUT2D eigenvalue weighted by molar-refractivity contribution is 7.80. The molecular weight excluding hydrogens is 1520 g/mol. The van der Waals surface area contributed by atoms with Gasteiger partial charge in [-0.25, -0.2) is 4.79 Å². The number of unbranched alkanes of at least 4 members (excludes halogenated alkanes) is 2. The molecule has 5 aromatic rings. The number of amides is 13. The molecule has 0 spiro atoms. The highest BCUT2D eigenvalue weighted by atomic mass is 32.1. The SMILES string of the molecule is [2H]N(C(=O)[C@H](CCCCN)NC(=O)[C@H](Cc1c[nH]c2ccccc12)NC(=O)[C@H](Cc1ccccc1)N([2H])C(=O)[C@H](Cc1ccccc1)NC(=O)[C@H](C)N([2H])C(=O)[C@H](CCCCN)NC(=O)[C@H](CS)NC(=O)CNC(=O)[C@H](N)C(C)C)[C@H](C(=O)N[C@@H](Cc1ccccc1)C(=O)N[C@H](C(=O)N[C@@H](CO)C(=O)N[C@@H](CS)C(=O)O)[C@@H](C)O)[C@@H](C)O. The Labute approximate surface area is 675 Å². The number of aromatic nitrogens is 1. The third kappa shape index (κ3) is 30.8. The van der Waals surface area contributed by atoms with Crippen LogP contribution < -0.4 is 86.3 Å². The number of nitrogens with two attached hydrogens (primary N) is 3. The number of carboxylic acid groups (broad SMARTS) is 1. The van der Waals surface area contributed by atoms with E-state index >= 15 is 19.2 Å². The van der Waals surface area contributed by atoms with Crippen LogP contribution in [0.5, 0.6) is 0 Å². The summed E-state index contributed by atoms with van der Waals surface area (Å²) < 4.78 is 28.0. The molecule has 0 unspecified atom stereocenters. The number of rotatable bonds is 49. The van der Waals surface area contributed by atoms with Crippen LogP contribution in [0, 0.1) is 5.92 Å². The highest BCUT2D eigenvalue weighted by Gasteiger charge is 2.39. The quantitative estimate of drug-likeness (QED) is 0.0132. The average Bonchev–Trinajstić information content (AvgIpc) is 1.75. The zero-order valence-electron chi connectivity index (χ0n) is 67.1. The van der Waals surface area contributed by atoms with Gasteiger partial charge in [-0.15, -0.1) is 0 Å². The van der Waals surface area contributed by atoms with Gasteiger partial charge in [0, 0.05) is 54.3 Å². The number of benzene rings is 4. The molecule has 5 rings (SSSR count). The number of aliphatic carboxylic acids is 1. The van der Waals surface area contributed by atoms with Gasteiger partial charge in [0.2, 0.25) is 76.8 Å². The minimum atomic E-state index is -2.20. The fraction of sp³-hybridized carbons (Fsp3) is 0.481. The Kier molecular flexibility index (Phi) is 37.9. The van der Waals surface area contributed by atoms with E-state index in [2.05, 4.69) is 83.4 Å². The van der Waals surface area contributed by atoms with Gasteiger partial charge >= 0.3 is 5.97 Å². The number of aromatic amines is 1. The van der Waals surface area contributed by atoms with Gasteiger partial charge in [0.1, 0.15) is 72.5 Å². The van der Waals surface area contributed by atoms with Crippen molar-refractivity contribution in [3.63, 3.8) is 0 Å². The molecule has 1 aromatic heterocycles. The van der Waals surface area contributed by atoms with Crippen molar-refractivity contribution >= 4 is 119 Å². The number of para-hydroxylation sites is 1. The molecule has 0 aliphatic carbocycles. The van der Waals surface area contributed by atoms with Crippen LogP contribution >= 0.6 is 25.3 Å². The average molecular weight is 1630 g/mol. The minimum Gasteiger partial charge on any atom is -0.480 e. The lowest BCUT2D eigenvalue weighted by Gasteiger charge is -2.29. The predicted octanol–water partition coefficient (Wildman–Crippen LogP) is -3.67. The van der Waals surface area contributed by atoms with Crippen LogP contribution in [0.1, 0.15) is 95.4 Å². The molecule has 0 saturated carbocycles. The Hall–Kier alpha value is -10.5. The number of carboxylic acids is 1. The Bertz CT molecular complexity index is 4150. The van der Waals surface area contributed by atoms with E-state index in [1.165, 1.54) is 0 Å². The van der Waals surface area contributed by atoms with Crippen LogP contribution in [-0.4, -0.2) is 237 Å². The third-order valence-electron chi connectivity index (χ3n) is 18.2.